The third-order valence-corrected chi connectivity index (χ3v) is 5.21. The van der Waals surface area contributed by atoms with Crippen LogP contribution < -0.4 is 19.5 Å². The van der Waals surface area contributed by atoms with Gasteiger partial charge in [0.15, 0.2) is 17.6 Å². The molecule has 0 unspecified atom stereocenters. The van der Waals surface area contributed by atoms with Gasteiger partial charge in [-0.2, -0.15) is 0 Å². The Morgan fingerprint density at radius 1 is 1.19 bits per heavy atom. The Morgan fingerprint density at radius 3 is 2.59 bits per heavy atom. The number of carbonyl (C=O) groups excluding carboxylic acids is 2. The minimum atomic E-state index is -0.630. The van der Waals surface area contributed by atoms with Gasteiger partial charge < -0.3 is 24.4 Å². The molecule has 7 nitrogen and oxygen atoms in total. The standard InChI is InChI=1S/C25H32N2O5/c1-16-24(29)27(14-17-8-7-9-21(30-5)23(17)31-6)15-18-12-19(10-11-20(18)32-16)26-22(28)13-25(2,3)4/h7-12,16H,13-15H2,1-6H3,(H,26,28)/t16-/m1/s1. The summed E-state index contributed by atoms with van der Waals surface area (Å²) in [5.74, 6) is 1.68. The summed E-state index contributed by atoms with van der Waals surface area (Å²) in [5, 5.41) is 2.95. The van der Waals surface area contributed by atoms with Crippen LogP contribution in [-0.4, -0.2) is 37.0 Å². The second kappa shape index (κ2) is 9.51. The Morgan fingerprint density at radius 2 is 1.94 bits per heavy atom. The van der Waals surface area contributed by atoms with Crippen LogP contribution in [0.1, 0.15) is 45.2 Å². The van der Waals surface area contributed by atoms with E-state index in [1.54, 1.807) is 38.2 Å². The van der Waals surface area contributed by atoms with Crippen molar-refractivity contribution in [1.82, 2.24) is 4.90 Å². The Kier molecular flexibility index (Phi) is 6.96. The van der Waals surface area contributed by atoms with Crippen LogP contribution in [0.3, 0.4) is 0 Å². The molecule has 3 rings (SSSR count). The molecule has 2 aromatic carbocycles. The van der Waals surface area contributed by atoms with Crippen LogP contribution in [-0.2, 0) is 22.7 Å². The van der Waals surface area contributed by atoms with Gasteiger partial charge in [-0.1, -0.05) is 32.9 Å². The number of amides is 2. The van der Waals surface area contributed by atoms with Crippen LogP contribution in [0.15, 0.2) is 36.4 Å². The number of anilines is 1. The largest absolute Gasteiger partial charge is 0.493 e. The van der Waals surface area contributed by atoms with Crippen molar-refractivity contribution in [1.29, 1.82) is 0 Å². The molecular formula is C25H32N2O5. The highest BCUT2D eigenvalue weighted by atomic mass is 16.5. The van der Waals surface area contributed by atoms with Crippen LogP contribution in [0.25, 0.3) is 0 Å². The average molecular weight is 441 g/mol. The van der Waals surface area contributed by atoms with Crippen molar-refractivity contribution in [2.75, 3.05) is 19.5 Å². The Balaban J connectivity index is 1.86. The fourth-order valence-electron chi connectivity index (χ4n) is 3.78. The van der Waals surface area contributed by atoms with E-state index in [4.69, 9.17) is 14.2 Å². The highest BCUT2D eigenvalue weighted by molar-refractivity contribution is 5.91. The Bertz CT molecular complexity index is 996. The number of carbonyl (C=O) groups is 2. The molecule has 2 aromatic rings. The molecule has 1 atom stereocenters. The second-order valence-electron chi connectivity index (χ2n) is 9.22. The van der Waals surface area contributed by atoms with Crippen molar-refractivity contribution in [3.8, 4) is 17.2 Å². The third kappa shape index (κ3) is 5.52. The molecule has 1 aliphatic heterocycles. The minimum Gasteiger partial charge on any atom is -0.493 e. The summed E-state index contributed by atoms with van der Waals surface area (Å²) >= 11 is 0. The first-order valence-corrected chi connectivity index (χ1v) is 10.7. The predicted molar refractivity (Wildman–Crippen MR) is 123 cm³/mol. The predicted octanol–water partition coefficient (Wildman–Crippen LogP) is 4.39. The Labute approximate surface area is 189 Å². The number of hydrogen-bond acceptors (Lipinski definition) is 5. The molecule has 0 spiro atoms. The van der Waals surface area contributed by atoms with Gasteiger partial charge in [-0.15, -0.1) is 0 Å². The SMILES string of the molecule is COc1cccc(CN2Cc3cc(NC(=O)CC(C)(C)C)ccc3O[C@H](C)C2=O)c1OC. The molecular weight excluding hydrogens is 408 g/mol. The quantitative estimate of drug-likeness (QED) is 0.721. The molecule has 1 N–H and O–H groups in total. The number of rotatable bonds is 6. The van der Waals surface area contributed by atoms with E-state index in [0.717, 1.165) is 11.1 Å². The topological polar surface area (TPSA) is 77.1 Å². The average Bonchev–Trinajstić information content (AvgIpc) is 2.83. The molecule has 0 radical (unpaired) electrons. The number of ether oxygens (including phenoxy) is 3. The number of nitrogens with one attached hydrogen (secondary N) is 1. The number of nitrogens with zero attached hydrogens (tertiary/aromatic N) is 1. The summed E-state index contributed by atoms with van der Waals surface area (Å²) in [6, 6.07) is 11.1. The highest BCUT2D eigenvalue weighted by Crippen LogP contribution is 2.34. The van der Waals surface area contributed by atoms with Crippen molar-refractivity contribution in [3.63, 3.8) is 0 Å². The maximum atomic E-state index is 13.1. The van der Waals surface area contributed by atoms with Crippen LogP contribution in [0.2, 0.25) is 0 Å². The van der Waals surface area contributed by atoms with Crippen molar-refractivity contribution < 1.29 is 23.8 Å². The zero-order chi connectivity index (χ0) is 23.5. The molecule has 0 saturated heterocycles. The molecule has 0 bridgehead atoms. The van der Waals surface area contributed by atoms with E-state index in [2.05, 4.69) is 5.32 Å². The fraction of sp³-hybridized carbons (Fsp3) is 0.440. The van der Waals surface area contributed by atoms with Gasteiger partial charge in [0, 0.05) is 36.3 Å². The molecule has 7 heteroatoms. The van der Waals surface area contributed by atoms with E-state index < -0.39 is 6.10 Å². The first-order valence-electron chi connectivity index (χ1n) is 10.7. The third-order valence-electron chi connectivity index (χ3n) is 5.21. The van der Waals surface area contributed by atoms with E-state index in [-0.39, 0.29) is 17.2 Å². The van der Waals surface area contributed by atoms with Crippen molar-refractivity contribution in [3.05, 3.63) is 47.5 Å². The van der Waals surface area contributed by atoms with Gasteiger partial charge in [0.25, 0.3) is 5.91 Å². The van der Waals surface area contributed by atoms with Gasteiger partial charge in [-0.05, 0) is 36.6 Å². The fourth-order valence-corrected chi connectivity index (χ4v) is 3.78. The maximum Gasteiger partial charge on any atom is 0.263 e. The van der Waals surface area contributed by atoms with Gasteiger partial charge in [-0.3, -0.25) is 9.59 Å². The van der Waals surface area contributed by atoms with E-state index in [1.807, 2.05) is 45.0 Å². The van der Waals surface area contributed by atoms with Crippen LogP contribution >= 0.6 is 0 Å². The van der Waals surface area contributed by atoms with Gasteiger partial charge in [0.1, 0.15) is 5.75 Å². The smallest absolute Gasteiger partial charge is 0.263 e. The molecule has 32 heavy (non-hydrogen) atoms. The lowest BCUT2D eigenvalue weighted by atomic mass is 9.92. The number of para-hydroxylation sites is 1. The summed E-state index contributed by atoms with van der Waals surface area (Å²) in [6.45, 7) is 8.50. The van der Waals surface area contributed by atoms with Crippen LogP contribution in [0.4, 0.5) is 5.69 Å². The van der Waals surface area contributed by atoms with Crippen LogP contribution in [0, 0.1) is 5.41 Å². The summed E-state index contributed by atoms with van der Waals surface area (Å²) in [5.41, 5.74) is 2.25. The number of fused-ring (bicyclic) bond motifs is 1. The summed E-state index contributed by atoms with van der Waals surface area (Å²) in [6.07, 6.45) is -0.216. The molecule has 2 amide bonds. The molecule has 0 saturated carbocycles. The second-order valence-corrected chi connectivity index (χ2v) is 9.22. The van der Waals surface area contributed by atoms with Crippen LogP contribution in [0.5, 0.6) is 17.2 Å². The van der Waals surface area contributed by atoms with E-state index >= 15 is 0 Å². The van der Waals surface area contributed by atoms with E-state index in [0.29, 0.717) is 42.4 Å². The molecule has 1 aliphatic rings. The first-order chi connectivity index (χ1) is 15.1. The molecule has 0 aliphatic carbocycles. The lowest BCUT2D eigenvalue weighted by Crippen LogP contribution is -2.37. The van der Waals surface area contributed by atoms with Gasteiger partial charge in [-0.25, -0.2) is 0 Å². The Hall–Kier alpha value is -3.22. The highest BCUT2D eigenvalue weighted by Gasteiger charge is 2.29. The molecule has 1 heterocycles. The van der Waals surface area contributed by atoms with E-state index in [1.165, 1.54) is 0 Å². The summed E-state index contributed by atoms with van der Waals surface area (Å²) in [7, 11) is 3.17. The van der Waals surface area contributed by atoms with Crippen molar-refractivity contribution in [2.45, 2.75) is 53.3 Å². The van der Waals surface area contributed by atoms with Crippen molar-refractivity contribution >= 4 is 17.5 Å². The monoisotopic (exact) mass is 440 g/mol. The first kappa shape index (κ1) is 23.4. The number of benzene rings is 2. The minimum absolute atomic E-state index is 0.0468. The lowest BCUT2D eigenvalue weighted by molar-refractivity contribution is -0.138. The number of methoxy groups -OCH3 is 2. The number of hydrogen-bond donors (Lipinski definition) is 1. The lowest BCUT2D eigenvalue weighted by Gasteiger charge is -2.24. The summed E-state index contributed by atoms with van der Waals surface area (Å²) in [4.78, 5) is 27.2. The van der Waals surface area contributed by atoms with E-state index in [9.17, 15) is 9.59 Å². The molecule has 0 fully saturated rings. The summed E-state index contributed by atoms with van der Waals surface area (Å²) < 4.78 is 16.8. The maximum absolute atomic E-state index is 13.1. The van der Waals surface area contributed by atoms with Crippen molar-refractivity contribution in [2.24, 2.45) is 5.41 Å². The van der Waals surface area contributed by atoms with Gasteiger partial charge in [0.2, 0.25) is 5.91 Å². The zero-order valence-electron chi connectivity index (χ0n) is 19.7. The zero-order valence-corrected chi connectivity index (χ0v) is 19.7. The molecule has 0 aromatic heterocycles. The van der Waals surface area contributed by atoms with Gasteiger partial charge >= 0.3 is 0 Å². The normalized spacial score (nSPS) is 16.0. The molecule has 172 valence electrons. The van der Waals surface area contributed by atoms with Gasteiger partial charge in [0.05, 0.1) is 14.2 Å².